The lowest BCUT2D eigenvalue weighted by atomic mass is 10.4. The summed E-state index contributed by atoms with van der Waals surface area (Å²) in [5.41, 5.74) is 1.05. The van der Waals surface area contributed by atoms with E-state index in [0.29, 0.717) is 13.1 Å². The number of hydrogen-bond acceptors (Lipinski definition) is 5. The van der Waals surface area contributed by atoms with E-state index in [2.05, 4.69) is 15.0 Å². The van der Waals surface area contributed by atoms with E-state index in [-0.39, 0.29) is 0 Å². The summed E-state index contributed by atoms with van der Waals surface area (Å²) in [6, 6.07) is 0. The van der Waals surface area contributed by atoms with Crippen molar-refractivity contribution in [2.45, 2.75) is 13.3 Å². The zero-order valence-electron chi connectivity index (χ0n) is 8.78. The van der Waals surface area contributed by atoms with E-state index < -0.39 is 10.0 Å². The van der Waals surface area contributed by atoms with Gasteiger partial charge in [-0.3, -0.25) is 0 Å². The highest BCUT2D eigenvalue weighted by Gasteiger charge is 2.01. The van der Waals surface area contributed by atoms with E-state index in [0.717, 1.165) is 23.5 Å². The van der Waals surface area contributed by atoms with Crippen LogP contribution < -0.4 is 10.0 Å². The highest BCUT2D eigenvalue weighted by Crippen LogP contribution is 2.14. The molecular formula is C8H15N3O2S2. The van der Waals surface area contributed by atoms with Crippen LogP contribution in [0.15, 0.2) is 5.38 Å². The predicted octanol–water partition coefficient (Wildman–Crippen LogP) is 0.667. The Kier molecular flexibility index (Phi) is 4.49. The maximum atomic E-state index is 10.7. The van der Waals surface area contributed by atoms with E-state index >= 15 is 0 Å². The molecule has 0 aromatic carbocycles. The van der Waals surface area contributed by atoms with Crippen LogP contribution in [-0.2, 0) is 16.4 Å². The SMILES string of the molecule is CCc1csc(NCCNS(C)(=O)=O)n1. The number of thiazole rings is 1. The number of rotatable bonds is 6. The van der Waals surface area contributed by atoms with Gasteiger partial charge in [0.2, 0.25) is 10.0 Å². The molecule has 1 rings (SSSR count). The van der Waals surface area contributed by atoms with Crippen molar-refractivity contribution in [3.63, 3.8) is 0 Å². The standard InChI is InChI=1S/C8H15N3O2S2/c1-3-7-6-14-8(11-7)9-4-5-10-15(2,12)13/h6,10H,3-5H2,1-2H3,(H,9,11). The highest BCUT2D eigenvalue weighted by atomic mass is 32.2. The number of aromatic nitrogens is 1. The molecule has 0 amide bonds. The molecule has 0 aliphatic carbocycles. The molecule has 0 aliphatic heterocycles. The van der Waals surface area contributed by atoms with Gasteiger partial charge in [-0.2, -0.15) is 0 Å². The third-order valence-corrected chi connectivity index (χ3v) is 3.26. The van der Waals surface area contributed by atoms with Crippen LogP contribution >= 0.6 is 11.3 Å². The Labute approximate surface area is 94.0 Å². The summed E-state index contributed by atoms with van der Waals surface area (Å²) in [6.07, 6.45) is 2.06. The van der Waals surface area contributed by atoms with Gasteiger partial charge in [-0.15, -0.1) is 11.3 Å². The smallest absolute Gasteiger partial charge is 0.208 e. The molecule has 0 saturated heterocycles. The summed E-state index contributed by atoms with van der Waals surface area (Å²) in [5, 5.41) is 5.88. The molecule has 15 heavy (non-hydrogen) atoms. The van der Waals surface area contributed by atoms with Crippen molar-refractivity contribution in [3.05, 3.63) is 11.1 Å². The molecule has 1 heterocycles. The minimum Gasteiger partial charge on any atom is -0.360 e. The average molecular weight is 249 g/mol. The van der Waals surface area contributed by atoms with Gasteiger partial charge in [-0.05, 0) is 6.42 Å². The molecule has 1 aromatic heterocycles. The van der Waals surface area contributed by atoms with Crippen LogP contribution in [0, 0.1) is 0 Å². The molecular weight excluding hydrogens is 234 g/mol. The van der Waals surface area contributed by atoms with Crippen LogP contribution in [0.3, 0.4) is 0 Å². The average Bonchev–Trinajstić information content (AvgIpc) is 2.59. The van der Waals surface area contributed by atoms with Crippen molar-refractivity contribution in [1.82, 2.24) is 9.71 Å². The third-order valence-electron chi connectivity index (χ3n) is 1.68. The molecule has 0 unspecified atom stereocenters. The monoisotopic (exact) mass is 249 g/mol. The van der Waals surface area contributed by atoms with E-state index in [1.807, 2.05) is 12.3 Å². The molecule has 0 radical (unpaired) electrons. The van der Waals surface area contributed by atoms with Crippen molar-refractivity contribution >= 4 is 26.5 Å². The Morgan fingerprint density at radius 1 is 1.47 bits per heavy atom. The zero-order chi connectivity index (χ0) is 11.3. The van der Waals surface area contributed by atoms with Crippen molar-refractivity contribution < 1.29 is 8.42 Å². The van der Waals surface area contributed by atoms with Crippen molar-refractivity contribution in [3.8, 4) is 0 Å². The number of sulfonamides is 1. The van der Waals surface area contributed by atoms with Gasteiger partial charge in [0, 0.05) is 18.5 Å². The third kappa shape index (κ3) is 5.10. The lowest BCUT2D eigenvalue weighted by Gasteiger charge is -2.02. The Bertz CT molecular complexity index is 400. The van der Waals surface area contributed by atoms with Crippen LogP contribution in [0.1, 0.15) is 12.6 Å². The molecule has 1 aromatic rings. The Balaban J connectivity index is 2.26. The fourth-order valence-electron chi connectivity index (χ4n) is 0.956. The van der Waals surface area contributed by atoms with Gasteiger partial charge in [0.15, 0.2) is 5.13 Å². The van der Waals surface area contributed by atoms with Crippen LogP contribution in [0.4, 0.5) is 5.13 Å². The van der Waals surface area contributed by atoms with Crippen LogP contribution in [-0.4, -0.2) is 32.7 Å². The first-order valence-electron chi connectivity index (χ1n) is 4.64. The first-order chi connectivity index (χ1) is 7.01. The Morgan fingerprint density at radius 3 is 2.73 bits per heavy atom. The zero-order valence-corrected chi connectivity index (χ0v) is 10.4. The molecule has 0 aliphatic rings. The van der Waals surface area contributed by atoms with Crippen molar-refractivity contribution in [2.24, 2.45) is 0 Å². The molecule has 0 saturated carbocycles. The lowest BCUT2D eigenvalue weighted by molar-refractivity contribution is 0.589. The number of aryl methyl sites for hydroxylation is 1. The maximum Gasteiger partial charge on any atom is 0.208 e. The fraction of sp³-hybridized carbons (Fsp3) is 0.625. The van der Waals surface area contributed by atoms with E-state index in [1.54, 1.807) is 0 Å². The van der Waals surface area contributed by atoms with Crippen molar-refractivity contribution in [2.75, 3.05) is 24.7 Å². The molecule has 0 fully saturated rings. The van der Waals surface area contributed by atoms with Gasteiger partial charge >= 0.3 is 0 Å². The van der Waals surface area contributed by atoms with Crippen molar-refractivity contribution in [1.29, 1.82) is 0 Å². The normalized spacial score (nSPS) is 11.6. The number of nitrogens with one attached hydrogen (secondary N) is 2. The lowest BCUT2D eigenvalue weighted by Crippen LogP contribution is -2.27. The molecule has 86 valence electrons. The molecule has 0 bridgehead atoms. The molecule has 5 nitrogen and oxygen atoms in total. The summed E-state index contributed by atoms with van der Waals surface area (Å²) in [4.78, 5) is 4.29. The predicted molar refractivity (Wildman–Crippen MR) is 62.8 cm³/mol. The van der Waals surface area contributed by atoms with Gasteiger partial charge in [0.05, 0.1) is 11.9 Å². The Hall–Kier alpha value is -0.660. The largest absolute Gasteiger partial charge is 0.360 e. The fourth-order valence-corrected chi connectivity index (χ4v) is 2.25. The summed E-state index contributed by atoms with van der Waals surface area (Å²) in [7, 11) is -3.09. The minimum atomic E-state index is -3.09. The van der Waals surface area contributed by atoms with Gasteiger partial charge in [0.25, 0.3) is 0 Å². The molecule has 2 N–H and O–H groups in total. The summed E-state index contributed by atoms with van der Waals surface area (Å²) in [5.74, 6) is 0. The first kappa shape index (κ1) is 12.4. The van der Waals surface area contributed by atoms with E-state index in [4.69, 9.17) is 0 Å². The summed E-state index contributed by atoms with van der Waals surface area (Å²) < 4.78 is 23.9. The molecule has 7 heteroatoms. The molecule has 0 atom stereocenters. The number of nitrogens with zero attached hydrogens (tertiary/aromatic N) is 1. The minimum absolute atomic E-state index is 0.375. The van der Waals surface area contributed by atoms with Gasteiger partial charge in [0.1, 0.15) is 0 Å². The highest BCUT2D eigenvalue weighted by molar-refractivity contribution is 7.88. The number of hydrogen-bond donors (Lipinski definition) is 2. The van der Waals surface area contributed by atoms with Crippen LogP contribution in [0.25, 0.3) is 0 Å². The Morgan fingerprint density at radius 2 is 2.20 bits per heavy atom. The van der Waals surface area contributed by atoms with Gasteiger partial charge in [-0.1, -0.05) is 6.92 Å². The second kappa shape index (κ2) is 5.43. The van der Waals surface area contributed by atoms with Gasteiger partial charge < -0.3 is 5.32 Å². The maximum absolute atomic E-state index is 10.7. The molecule has 0 spiro atoms. The van der Waals surface area contributed by atoms with E-state index in [1.165, 1.54) is 11.3 Å². The van der Waals surface area contributed by atoms with Crippen LogP contribution in [0.2, 0.25) is 0 Å². The summed E-state index contributed by atoms with van der Waals surface area (Å²) in [6.45, 7) is 2.97. The second-order valence-corrected chi connectivity index (χ2v) is 5.78. The van der Waals surface area contributed by atoms with Gasteiger partial charge in [-0.25, -0.2) is 18.1 Å². The van der Waals surface area contributed by atoms with Crippen LogP contribution in [0.5, 0.6) is 0 Å². The quantitative estimate of drug-likeness (QED) is 0.727. The first-order valence-corrected chi connectivity index (χ1v) is 7.41. The topological polar surface area (TPSA) is 71.1 Å². The number of anilines is 1. The van der Waals surface area contributed by atoms with E-state index in [9.17, 15) is 8.42 Å². The second-order valence-electron chi connectivity index (χ2n) is 3.09. The summed E-state index contributed by atoms with van der Waals surface area (Å²) >= 11 is 1.53.